The summed E-state index contributed by atoms with van der Waals surface area (Å²) in [6.45, 7) is 2.29. The first kappa shape index (κ1) is 29.5. The maximum Gasteiger partial charge on any atom is 0.402 e. The lowest BCUT2D eigenvalue weighted by atomic mass is 9.75. The van der Waals surface area contributed by atoms with Crippen LogP contribution in [0.1, 0.15) is 65.0 Å². The number of carbonyl (C=O) groups is 4. The van der Waals surface area contributed by atoms with Crippen LogP contribution >= 0.6 is 0 Å². The Morgan fingerprint density at radius 1 is 0.725 bits per heavy atom. The molecule has 6 N–H and O–H groups in total. The summed E-state index contributed by atoms with van der Waals surface area (Å²) in [4.78, 5) is 48.8. The number of aryl methyl sites for hydroxylation is 1. The predicted molar refractivity (Wildman–Crippen MR) is 135 cm³/mol. The van der Waals surface area contributed by atoms with Crippen LogP contribution in [0.4, 0.5) is 18.9 Å². The van der Waals surface area contributed by atoms with Gasteiger partial charge in [-0.1, -0.05) is 18.2 Å². The number of alkyl halides is 3. The monoisotopic (exact) mass is 560 g/mol. The Bertz CT molecular complexity index is 1550. The third-order valence-electron chi connectivity index (χ3n) is 6.50. The zero-order valence-corrected chi connectivity index (χ0v) is 21.2. The van der Waals surface area contributed by atoms with Crippen molar-refractivity contribution in [3.8, 4) is 11.5 Å². The summed E-state index contributed by atoms with van der Waals surface area (Å²) >= 11 is 0. The highest BCUT2D eigenvalue weighted by atomic mass is 19.4. The third-order valence-corrected chi connectivity index (χ3v) is 6.50. The number of halogens is 3. The fourth-order valence-electron chi connectivity index (χ4n) is 4.06. The molecular weight excluding hydrogens is 537 g/mol. The molecule has 2 amide bonds. The molecule has 3 aromatic rings. The van der Waals surface area contributed by atoms with Gasteiger partial charge in [0.25, 0.3) is 11.8 Å². The van der Waals surface area contributed by atoms with Crippen LogP contribution in [0.3, 0.4) is 0 Å². The quantitative estimate of drug-likeness (QED) is 0.232. The molecule has 3 rings (SSSR count). The fraction of sp³-hybridized carbons (Fsp3) is 0.185. The number of aromatic hydroxyl groups is 2. The number of carboxylic acids is 2. The van der Waals surface area contributed by atoms with Crippen molar-refractivity contribution in [2.24, 2.45) is 0 Å². The smallest absolute Gasteiger partial charge is 0.402 e. The predicted octanol–water partition coefficient (Wildman–Crippen LogP) is 4.28. The van der Waals surface area contributed by atoms with Crippen molar-refractivity contribution in [1.82, 2.24) is 5.32 Å². The number of phenols is 2. The molecule has 3 aromatic carbocycles. The highest BCUT2D eigenvalue weighted by molar-refractivity contribution is 6.15. The molecule has 1 atom stereocenters. The molecular formula is C27H23F3N2O8. The Morgan fingerprint density at radius 2 is 1.20 bits per heavy atom. The number of rotatable bonds is 7. The molecule has 0 saturated carbocycles. The minimum atomic E-state index is -4.89. The second-order valence-corrected chi connectivity index (χ2v) is 8.94. The minimum Gasteiger partial charge on any atom is -0.508 e. The number of benzene rings is 3. The van der Waals surface area contributed by atoms with Gasteiger partial charge in [-0.25, -0.2) is 9.59 Å². The number of nitrogens with one attached hydrogen (secondary N) is 2. The summed E-state index contributed by atoms with van der Waals surface area (Å²) in [6.07, 6.45) is -4.89. The van der Waals surface area contributed by atoms with Gasteiger partial charge < -0.3 is 31.1 Å². The van der Waals surface area contributed by atoms with E-state index in [-0.39, 0.29) is 16.9 Å². The van der Waals surface area contributed by atoms with Crippen molar-refractivity contribution >= 4 is 29.4 Å². The van der Waals surface area contributed by atoms with Crippen molar-refractivity contribution < 1.29 is 52.8 Å². The first-order valence-electron chi connectivity index (χ1n) is 11.4. The molecule has 1 unspecified atom stereocenters. The molecule has 0 aliphatic heterocycles. The lowest BCUT2D eigenvalue weighted by Gasteiger charge is -2.34. The van der Waals surface area contributed by atoms with E-state index < -0.39 is 74.6 Å². The molecule has 0 aliphatic carbocycles. The molecule has 0 saturated heterocycles. The summed E-state index contributed by atoms with van der Waals surface area (Å²) in [5.41, 5.74) is -6.42. The molecule has 10 nitrogen and oxygen atoms in total. The van der Waals surface area contributed by atoms with Crippen molar-refractivity contribution in [2.45, 2.75) is 25.4 Å². The van der Waals surface area contributed by atoms with E-state index in [0.29, 0.717) is 6.07 Å². The molecule has 0 heterocycles. The van der Waals surface area contributed by atoms with E-state index in [1.54, 1.807) is 0 Å². The Morgan fingerprint density at radius 3 is 1.68 bits per heavy atom. The van der Waals surface area contributed by atoms with E-state index in [0.717, 1.165) is 49.4 Å². The number of hydrogen-bond donors (Lipinski definition) is 6. The highest BCUT2D eigenvalue weighted by Crippen LogP contribution is 2.48. The van der Waals surface area contributed by atoms with Gasteiger partial charge in [-0.05, 0) is 60.9 Å². The lowest BCUT2D eigenvalue weighted by Crippen LogP contribution is -2.40. The number of phenolic OH excluding ortho intramolecular Hbond substituents is 2. The zero-order valence-electron chi connectivity index (χ0n) is 21.2. The molecule has 210 valence electrons. The van der Waals surface area contributed by atoms with Crippen LogP contribution in [0, 0.1) is 6.92 Å². The standard InChI is InChI=1S/C27H23F3N2O8/c1-12-8-13(4-6-20(12)33)26(2,27(28,29)30)14-5-7-21(34)19(9-14)32-23(36)16-10-15(22(35)31-3)17(24(37)38)11-18(16)25(39)40/h4-11,33-34H,1-3H3,(H,31,35)(H,32,36)(H,37,38)(H,39,40). The van der Waals surface area contributed by atoms with Gasteiger partial charge in [0.2, 0.25) is 0 Å². The largest absolute Gasteiger partial charge is 0.508 e. The summed E-state index contributed by atoms with van der Waals surface area (Å²) in [5, 5.41) is 43.4. The molecule has 13 heteroatoms. The van der Waals surface area contributed by atoms with E-state index >= 15 is 0 Å². The maximum atomic E-state index is 14.5. The summed E-state index contributed by atoms with van der Waals surface area (Å²) in [5.74, 6) is -6.43. The number of carbonyl (C=O) groups excluding carboxylic acids is 2. The van der Waals surface area contributed by atoms with E-state index in [2.05, 4.69) is 10.6 Å². The Kier molecular flexibility index (Phi) is 7.81. The number of anilines is 1. The molecule has 0 fully saturated rings. The second kappa shape index (κ2) is 10.6. The first-order chi connectivity index (χ1) is 18.5. The first-order valence-corrected chi connectivity index (χ1v) is 11.4. The molecule has 40 heavy (non-hydrogen) atoms. The van der Waals surface area contributed by atoms with Crippen molar-refractivity contribution in [1.29, 1.82) is 0 Å². The van der Waals surface area contributed by atoms with Gasteiger partial charge in [-0.15, -0.1) is 0 Å². The number of amides is 2. The summed E-state index contributed by atoms with van der Waals surface area (Å²) < 4.78 is 43.5. The van der Waals surface area contributed by atoms with Crippen LogP contribution < -0.4 is 10.6 Å². The van der Waals surface area contributed by atoms with E-state index in [4.69, 9.17) is 0 Å². The zero-order chi connectivity index (χ0) is 30.2. The summed E-state index contributed by atoms with van der Waals surface area (Å²) in [7, 11) is 1.18. The van der Waals surface area contributed by atoms with Gasteiger partial charge in [-0.2, -0.15) is 13.2 Å². The van der Waals surface area contributed by atoms with Gasteiger partial charge in [0.1, 0.15) is 16.9 Å². The molecule has 0 aliphatic rings. The molecule has 0 radical (unpaired) electrons. The SMILES string of the molecule is CNC(=O)c1cc(C(=O)Nc2cc(C(C)(c3ccc(O)c(C)c3)C(F)(F)F)ccc2O)c(C(=O)O)cc1C(=O)O. The highest BCUT2D eigenvalue weighted by Gasteiger charge is 2.53. The summed E-state index contributed by atoms with van der Waals surface area (Å²) in [6, 6.07) is 7.43. The number of carboxylic acid groups (broad SMARTS) is 2. The Labute approximate surface area is 224 Å². The van der Waals surface area contributed by atoms with Crippen LogP contribution in [0.25, 0.3) is 0 Å². The lowest BCUT2D eigenvalue weighted by molar-refractivity contribution is -0.173. The topological polar surface area (TPSA) is 173 Å². The molecule has 0 bridgehead atoms. The second-order valence-electron chi connectivity index (χ2n) is 8.94. The van der Waals surface area contributed by atoms with Gasteiger partial charge >= 0.3 is 18.1 Å². The van der Waals surface area contributed by atoms with Crippen molar-refractivity contribution in [3.63, 3.8) is 0 Å². The van der Waals surface area contributed by atoms with Crippen LogP contribution in [-0.2, 0) is 5.41 Å². The average molecular weight is 560 g/mol. The van der Waals surface area contributed by atoms with Crippen LogP contribution in [0.15, 0.2) is 48.5 Å². The third kappa shape index (κ3) is 5.25. The fourth-order valence-corrected chi connectivity index (χ4v) is 4.06. The number of aromatic carboxylic acids is 2. The molecule has 0 spiro atoms. The molecule has 0 aromatic heterocycles. The van der Waals surface area contributed by atoms with Crippen LogP contribution in [-0.4, -0.2) is 57.4 Å². The Balaban J connectivity index is 2.16. The van der Waals surface area contributed by atoms with E-state index in [9.17, 15) is 52.8 Å². The number of hydrogen-bond acceptors (Lipinski definition) is 6. The van der Waals surface area contributed by atoms with Gasteiger partial charge in [0, 0.05) is 7.05 Å². The normalized spacial score (nSPS) is 12.8. The van der Waals surface area contributed by atoms with Gasteiger partial charge in [0.15, 0.2) is 0 Å². The van der Waals surface area contributed by atoms with Crippen molar-refractivity contribution in [2.75, 3.05) is 12.4 Å². The van der Waals surface area contributed by atoms with Crippen molar-refractivity contribution in [3.05, 3.63) is 87.5 Å². The van der Waals surface area contributed by atoms with Crippen LogP contribution in [0.5, 0.6) is 11.5 Å². The van der Waals surface area contributed by atoms with E-state index in [1.165, 1.54) is 14.0 Å². The van der Waals surface area contributed by atoms with Gasteiger partial charge in [0.05, 0.1) is 27.9 Å². The van der Waals surface area contributed by atoms with E-state index in [1.807, 2.05) is 0 Å². The van der Waals surface area contributed by atoms with Crippen LogP contribution in [0.2, 0.25) is 0 Å². The maximum absolute atomic E-state index is 14.5. The minimum absolute atomic E-state index is 0.179. The Hall–Kier alpha value is -5.07. The van der Waals surface area contributed by atoms with Gasteiger partial charge in [-0.3, -0.25) is 9.59 Å². The average Bonchev–Trinajstić information content (AvgIpc) is 2.88.